The van der Waals surface area contributed by atoms with E-state index in [0.29, 0.717) is 0 Å². The van der Waals surface area contributed by atoms with E-state index in [-0.39, 0.29) is 0 Å². The number of hydrogen-bond donors (Lipinski definition) is 1. The summed E-state index contributed by atoms with van der Waals surface area (Å²) in [7, 11) is 0. The molecule has 2 aliphatic rings. The van der Waals surface area contributed by atoms with Crippen molar-refractivity contribution in [3.63, 3.8) is 0 Å². The summed E-state index contributed by atoms with van der Waals surface area (Å²) in [5.74, 6) is 0. The van der Waals surface area contributed by atoms with E-state index in [1.165, 1.54) is 55.7 Å². The van der Waals surface area contributed by atoms with Gasteiger partial charge in [0.2, 0.25) is 0 Å². The van der Waals surface area contributed by atoms with Crippen molar-refractivity contribution in [2.24, 2.45) is 0 Å². The van der Waals surface area contributed by atoms with Crippen LogP contribution in [0.15, 0.2) is 48.5 Å². The zero-order valence-corrected chi connectivity index (χ0v) is 13.6. The lowest BCUT2D eigenvalue weighted by molar-refractivity contribution is 0.121. The maximum absolute atomic E-state index is 5.76. The fraction of sp³-hybridized carbons (Fsp3) is 0.400. The molecule has 0 aromatic heterocycles. The highest BCUT2D eigenvalue weighted by atomic mass is 15.3. The molecule has 0 atom stereocenters. The van der Waals surface area contributed by atoms with Crippen LogP contribution >= 0.6 is 0 Å². The number of nitrogens with zero attached hydrogens (tertiary/aromatic N) is 2. The van der Waals surface area contributed by atoms with Crippen LogP contribution in [0.1, 0.15) is 18.4 Å². The maximum Gasteiger partial charge on any atom is 0.0314 e. The van der Waals surface area contributed by atoms with Crippen LogP contribution in [0.25, 0.3) is 11.1 Å². The molecule has 1 aliphatic heterocycles. The van der Waals surface area contributed by atoms with Crippen molar-refractivity contribution in [1.82, 2.24) is 9.80 Å². The summed E-state index contributed by atoms with van der Waals surface area (Å²) in [6, 6.07) is 18.0. The fourth-order valence-electron chi connectivity index (χ4n) is 3.46. The molecule has 0 spiro atoms. The molecule has 2 fully saturated rings. The van der Waals surface area contributed by atoms with Crippen molar-refractivity contribution in [1.29, 1.82) is 0 Å². The predicted molar refractivity (Wildman–Crippen MR) is 96.2 cm³/mol. The quantitative estimate of drug-likeness (QED) is 0.880. The Morgan fingerprint density at radius 2 is 1.35 bits per heavy atom. The summed E-state index contributed by atoms with van der Waals surface area (Å²) in [5, 5.41) is 0. The van der Waals surface area contributed by atoms with Gasteiger partial charge in [-0.15, -0.1) is 0 Å². The lowest BCUT2D eigenvalue weighted by Crippen LogP contribution is -2.46. The van der Waals surface area contributed by atoms with Crippen molar-refractivity contribution < 1.29 is 0 Å². The number of nitrogens with two attached hydrogens (primary N) is 1. The van der Waals surface area contributed by atoms with Gasteiger partial charge in [-0.05, 0) is 41.7 Å². The van der Waals surface area contributed by atoms with Crippen LogP contribution in [0, 0.1) is 0 Å². The van der Waals surface area contributed by atoms with Crippen LogP contribution in [0.3, 0.4) is 0 Å². The molecule has 0 bridgehead atoms. The van der Waals surface area contributed by atoms with Gasteiger partial charge in [-0.3, -0.25) is 9.80 Å². The van der Waals surface area contributed by atoms with E-state index >= 15 is 0 Å². The Hall–Kier alpha value is -1.84. The van der Waals surface area contributed by atoms with Crippen LogP contribution in [0.2, 0.25) is 0 Å². The number of benzene rings is 2. The molecule has 120 valence electrons. The van der Waals surface area contributed by atoms with E-state index < -0.39 is 0 Å². The van der Waals surface area contributed by atoms with E-state index in [9.17, 15) is 0 Å². The number of nitrogen functional groups attached to an aromatic ring is 1. The average Bonchev–Trinajstić information content (AvgIpc) is 3.42. The number of hydrogen-bond acceptors (Lipinski definition) is 3. The largest absolute Gasteiger partial charge is 0.399 e. The number of piperazine rings is 1. The third-order valence-corrected chi connectivity index (χ3v) is 5.07. The molecule has 4 rings (SSSR count). The van der Waals surface area contributed by atoms with Gasteiger partial charge in [-0.1, -0.05) is 36.4 Å². The molecule has 0 unspecified atom stereocenters. The van der Waals surface area contributed by atoms with E-state index in [1.54, 1.807) is 0 Å². The molecule has 1 aliphatic carbocycles. The molecule has 1 saturated heterocycles. The third kappa shape index (κ3) is 3.57. The Morgan fingerprint density at radius 3 is 1.91 bits per heavy atom. The summed E-state index contributed by atoms with van der Waals surface area (Å²) in [4.78, 5) is 5.25. The van der Waals surface area contributed by atoms with Crippen molar-refractivity contribution >= 4 is 5.69 Å². The SMILES string of the molecule is Nc1ccc(-c2ccc(CN3CCN(C4CC4)CC3)cc2)cc1. The average molecular weight is 307 g/mol. The second kappa shape index (κ2) is 6.34. The molecule has 2 N–H and O–H groups in total. The fourth-order valence-corrected chi connectivity index (χ4v) is 3.46. The van der Waals surface area contributed by atoms with Crippen LogP contribution in [-0.2, 0) is 6.54 Å². The Labute approximate surface area is 138 Å². The van der Waals surface area contributed by atoms with Gasteiger partial charge in [-0.2, -0.15) is 0 Å². The molecular formula is C20H25N3. The second-order valence-corrected chi connectivity index (χ2v) is 6.86. The summed E-state index contributed by atoms with van der Waals surface area (Å²) in [6.45, 7) is 5.97. The lowest BCUT2D eigenvalue weighted by Gasteiger charge is -2.34. The third-order valence-electron chi connectivity index (χ3n) is 5.07. The molecule has 0 amide bonds. The van der Waals surface area contributed by atoms with E-state index in [2.05, 4.69) is 46.2 Å². The van der Waals surface area contributed by atoms with Gasteiger partial charge < -0.3 is 5.73 Å². The number of rotatable bonds is 4. The van der Waals surface area contributed by atoms with Crippen LogP contribution < -0.4 is 5.73 Å². The highest BCUT2D eigenvalue weighted by molar-refractivity contribution is 5.65. The molecule has 2 aromatic rings. The minimum Gasteiger partial charge on any atom is -0.399 e. The van der Waals surface area contributed by atoms with E-state index in [4.69, 9.17) is 5.73 Å². The molecule has 23 heavy (non-hydrogen) atoms. The standard InChI is InChI=1S/C20H25N3/c21-19-7-5-18(6-8-19)17-3-1-16(2-4-17)15-22-11-13-23(14-12-22)20-9-10-20/h1-8,20H,9-15,21H2. The van der Waals surface area contributed by atoms with E-state index in [1.807, 2.05) is 12.1 Å². The zero-order valence-electron chi connectivity index (χ0n) is 13.6. The first-order valence-electron chi connectivity index (χ1n) is 8.69. The minimum absolute atomic E-state index is 0.815. The van der Waals surface area contributed by atoms with Gasteiger partial charge in [0.1, 0.15) is 0 Å². The molecule has 3 nitrogen and oxygen atoms in total. The Kier molecular flexibility index (Phi) is 4.06. The van der Waals surface area contributed by atoms with Crippen molar-refractivity contribution in [2.75, 3.05) is 31.9 Å². The topological polar surface area (TPSA) is 32.5 Å². The van der Waals surface area contributed by atoms with Crippen molar-refractivity contribution in [3.8, 4) is 11.1 Å². The second-order valence-electron chi connectivity index (χ2n) is 6.86. The summed E-state index contributed by atoms with van der Waals surface area (Å²) in [5.41, 5.74) is 10.5. The lowest BCUT2D eigenvalue weighted by atomic mass is 10.0. The first kappa shape index (κ1) is 14.7. The van der Waals surface area contributed by atoms with Crippen molar-refractivity contribution in [3.05, 3.63) is 54.1 Å². The normalized spacial score (nSPS) is 19.8. The summed E-state index contributed by atoms with van der Waals surface area (Å²) >= 11 is 0. The van der Waals surface area contributed by atoms with Gasteiger partial charge in [0, 0.05) is 44.5 Å². The Balaban J connectivity index is 1.35. The molecule has 3 heteroatoms. The van der Waals surface area contributed by atoms with Gasteiger partial charge in [0.15, 0.2) is 0 Å². The van der Waals surface area contributed by atoms with Crippen LogP contribution in [0.4, 0.5) is 5.69 Å². The van der Waals surface area contributed by atoms with Crippen LogP contribution in [-0.4, -0.2) is 42.0 Å². The smallest absolute Gasteiger partial charge is 0.0314 e. The van der Waals surface area contributed by atoms with Gasteiger partial charge >= 0.3 is 0 Å². The molecule has 2 aromatic carbocycles. The molecule has 1 heterocycles. The Bertz CT molecular complexity index is 636. The van der Waals surface area contributed by atoms with Gasteiger partial charge in [0.05, 0.1) is 0 Å². The first-order chi connectivity index (χ1) is 11.3. The zero-order chi connectivity index (χ0) is 15.6. The highest BCUT2D eigenvalue weighted by Crippen LogP contribution is 2.28. The molecule has 0 radical (unpaired) electrons. The highest BCUT2D eigenvalue weighted by Gasteiger charge is 2.30. The van der Waals surface area contributed by atoms with Gasteiger partial charge in [-0.25, -0.2) is 0 Å². The van der Waals surface area contributed by atoms with Crippen LogP contribution in [0.5, 0.6) is 0 Å². The first-order valence-corrected chi connectivity index (χ1v) is 8.69. The van der Waals surface area contributed by atoms with Gasteiger partial charge in [0.25, 0.3) is 0 Å². The monoisotopic (exact) mass is 307 g/mol. The molecular weight excluding hydrogens is 282 g/mol. The van der Waals surface area contributed by atoms with E-state index in [0.717, 1.165) is 18.3 Å². The number of anilines is 1. The predicted octanol–water partition coefficient (Wildman–Crippen LogP) is 3.22. The summed E-state index contributed by atoms with van der Waals surface area (Å²) < 4.78 is 0. The minimum atomic E-state index is 0.815. The Morgan fingerprint density at radius 1 is 0.783 bits per heavy atom. The van der Waals surface area contributed by atoms with Crippen molar-refractivity contribution in [2.45, 2.75) is 25.4 Å². The maximum atomic E-state index is 5.76. The summed E-state index contributed by atoms with van der Waals surface area (Å²) in [6.07, 6.45) is 2.85. The molecule has 1 saturated carbocycles.